The molecule has 0 radical (unpaired) electrons. The Hall–Kier alpha value is -1.89. The third kappa shape index (κ3) is 4.36. The molecule has 1 aromatic rings. The summed E-state index contributed by atoms with van der Waals surface area (Å²) in [6.07, 6.45) is 1.19. The summed E-state index contributed by atoms with van der Waals surface area (Å²) in [5.41, 5.74) is 0.975. The molecule has 7 heteroatoms. The molecular formula is C12H18N2O5. The van der Waals surface area contributed by atoms with E-state index in [4.69, 9.17) is 24.3 Å². The van der Waals surface area contributed by atoms with Crippen LogP contribution in [0.2, 0.25) is 0 Å². The van der Waals surface area contributed by atoms with Crippen molar-refractivity contribution in [3.8, 4) is 0 Å². The standard InChI is InChI=1S/C10H16N2O.C2H2O4/c1-7-4-9(12(3)6-7)10-5-8(2)11-13-10;3-1(4)2(5)6/h5,7,9H,4,6H2,1-3H3;(H,3,4)(H,5,6)/t7-,9+;/m1./s1. The van der Waals surface area contributed by atoms with Crippen molar-refractivity contribution in [2.75, 3.05) is 13.6 Å². The normalized spacial score (nSPS) is 22.7. The van der Waals surface area contributed by atoms with E-state index >= 15 is 0 Å². The second-order valence-electron chi connectivity index (χ2n) is 4.78. The maximum absolute atomic E-state index is 9.10. The van der Waals surface area contributed by atoms with Gasteiger partial charge in [0.1, 0.15) is 0 Å². The van der Waals surface area contributed by atoms with E-state index in [1.54, 1.807) is 0 Å². The number of aryl methyl sites for hydroxylation is 1. The lowest BCUT2D eigenvalue weighted by molar-refractivity contribution is -0.159. The first-order valence-corrected chi connectivity index (χ1v) is 5.91. The van der Waals surface area contributed by atoms with Crippen LogP contribution in [0.3, 0.4) is 0 Å². The highest BCUT2D eigenvalue weighted by Crippen LogP contribution is 2.33. The van der Waals surface area contributed by atoms with Crippen LogP contribution >= 0.6 is 0 Å². The smallest absolute Gasteiger partial charge is 0.414 e. The summed E-state index contributed by atoms with van der Waals surface area (Å²) >= 11 is 0. The Morgan fingerprint density at radius 1 is 1.42 bits per heavy atom. The number of likely N-dealkylation sites (tertiary alicyclic amines) is 1. The Balaban J connectivity index is 0.000000258. The zero-order chi connectivity index (χ0) is 14.6. The minimum Gasteiger partial charge on any atom is -0.473 e. The van der Waals surface area contributed by atoms with Gasteiger partial charge in [-0.3, -0.25) is 4.90 Å². The van der Waals surface area contributed by atoms with Crippen molar-refractivity contribution in [1.82, 2.24) is 10.1 Å². The molecule has 0 amide bonds. The van der Waals surface area contributed by atoms with Crippen LogP contribution in [-0.4, -0.2) is 45.8 Å². The van der Waals surface area contributed by atoms with Gasteiger partial charge in [-0.25, -0.2) is 9.59 Å². The molecule has 1 saturated heterocycles. The molecule has 1 aromatic heterocycles. The van der Waals surface area contributed by atoms with Gasteiger partial charge in [0.05, 0.1) is 11.7 Å². The van der Waals surface area contributed by atoms with E-state index in [2.05, 4.69) is 24.0 Å². The molecule has 1 aliphatic rings. The van der Waals surface area contributed by atoms with E-state index in [0.29, 0.717) is 6.04 Å². The van der Waals surface area contributed by atoms with Crippen molar-refractivity contribution in [2.45, 2.75) is 26.3 Å². The molecule has 7 nitrogen and oxygen atoms in total. The van der Waals surface area contributed by atoms with Crippen LogP contribution in [0.4, 0.5) is 0 Å². The third-order valence-corrected chi connectivity index (χ3v) is 2.91. The summed E-state index contributed by atoms with van der Waals surface area (Å²) < 4.78 is 5.28. The number of aliphatic carboxylic acids is 2. The third-order valence-electron chi connectivity index (χ3n) is 2.91. The number of carboxylic acids is 2. The monoisotopic (exact) mass is 270 g/mol. The summed E-state index contributed by atoms with van der Waals surface area (Å²) in [5.74, 6) is -1.87. The minimum absolute atomic E-state index is 0.441. The molecule has 2 heterocycles. The van der Waals surface area contributed by atoms with Gasteiger partial charge in [0.15, 0.2) is 5.76 Å². The Bertz CT molecular complexity index is 445. The van der Waals surface area contributed by atoms with Gasteiger partial charge in [0.2, 0.25) is 0 Å². The number of carbonyl (C=O) groups is 2. The zero-order valence-electron chi connectivity index (χ0n) is 11.2. The first kappa shape index (κ1) is 15.2. The lowest BCUT2D eigenvalue weighted by atomic mass is 10.1. The van der Waals surface area contributed by atoms with Crippen molar-refractivity contribution in [1.29, 1.82) is 0 Å². The van der Waals surface area contributed by atoms with Crippen molar-refractivity contribution in [3.63, 3.8) is 0 Å². The Labute approximate surface area is 110 Å². The van der Waals surface area contributed by atoms with E-state index in [-0.39, 0.29) is 0 Å². The molecule has 2 N–H and O–H groups in total. The molecule has 0 aliphatic carbocycles. The lowest BCUT2D eigenvalue weighted by Gasteiger charge is -2.15. The molecule has 106 valence electrons. The molecule has 0 spiro atoms. The number of rotatable bonds is 1. The van der Waals surface area contributed by atoms with Crippen molar-refractivity contribution >= 4 is 11.9 Å². The van der Waals surface area contributed by atoms with Crippen molar-refractivity contribution in [2.24, 2.45) is 5.92 Å². The van der Waals surface area contributed by atoms with Crippen LogP contribution < -0.4 is 0 Å². The van der Waals surface area contributed by atoms with Gasteiger partial charge in [0, 0.05) is 12.6 Å². The Morgan fingerprint density at radius 3 is 2.32 bits per heavy atom. The predicted octanol–water partition coefficient (Wildman–Crippen LogP) is 1.15. The molecule has 1 aliphatic heterocycles. The number of hydrogen-bond donors (Lipinski definition) is 2. The molecular weight excluding hydrogens is 252 g/mol. The second kappa shape index (κ2) is 6.33. The number of carboxylic acid groups (broad SMARTS) is 2. The SMILES string of the molecule is Cc1cc([C@@H]2C[C@@H](C)CN2C)on1.O=C(O)C(=O)O. The summed E-state index contributed by atoms with van der Waals surface area (Å²) in [6, 6.07) is 2.48. The van der Waals surface area contributed by atoms with Gasteiger partial charge < -0.3 is 14.7 Å². The van der Waals surface area contributed by atoms with Gasteiger partial charge in [-0.1, -0.05) is 12.1 Å². The second-order valence-corrected chi connectivity index (χ2v) is 4.78. The molecule has 0 aromatic carbocycles. The minimum atomic E-state index is -1.82. The van der Waals surface area contributed by atoms with Gasteiger partial charge in [-0.05, 0) is 26.3 Å². The fourth-order valence-corrected chi connectivity index (χ4v) is 2.13. The van der Waals surface area contributed by atoms with E-state index < -0.39 is 11.9 Å². The summed E-state index contributed by atoms with van der Waals surface area (Å²) in [6.45, 7) is 5.40. The van der Waals surface area contributed by atoms with Gasteiger partial charge in [-0.2, -0.15) is 0 Å². The molecule has 2 atom stereocenters. The van der Waals surface area contributed by atoms with Crippen LogP contribution in [-0.2, 0) is 9.59 Å². The maximum atomic E-state index is 9.10. The Kier molecular flexibility index (Phi) is 5.05. The van der Waals surface area contributed by atoms with Crippen LogP contribution in [0.5, 0.6) is 0 Å². The largest absolute Gasteiger partial charge is 0.473 e. The number of hydrogen-bond acceptors (Lipinski definition) is 5. The quantitative estimate of drug-likeness (QED) is 0.737. The molecule has 0 bridgehead atoms. The average molecular weight is 270 g/mol. The summed E-state index contributed by atoms with van der Waals surface area (Å²) in [4.78, 5) is 20.5. The highest BCUT2D eigenvalue weighted by molar-refractivity contribution is 6.27. The lowest BCUT2D eigenvalue weighted by Crippen LogP contribution is -2.17. The number of nitrogens with zero attached hydrogens (tertiary/aromatic N) is 2. The van der Waals surface area contributed by atoms with Gasteiger partial charge in [0.25, 0.3) is 0 Å². The summed E-state index contributed by atoms with van der Waals surface area (Å²) in [5, 5.41) is 18.7. The molecule has 19 heavy (non-hydrogen) atoms. The van der Waals surface area contributed by atoms with Crippen molar-refractivity contribution in [3.05, 3.63) is 17.5 Å². The van der Waals surface area contributed by atoms with E-state index in [9.17, 15) is 0 Å². The zero-order valence-corrected chi connectivity index (χ0v) is 11.2. The first-order chi connectivity index (χ1) is 8.81. The molecule has 1 fully saturated rings. The van der Waals surface area contributed by atoms with Gasteiger partial charge >= 0.3 is 11.9 Å². The van der Waals surface area contributed by atoms with Crippen LogP contribution in [0.1, 0.15) is 30.8 Å². The van der Waals surface area contributed by atoms with Gasteiger partial charge in [-0.15, -0.1) is 0 Å². The highest BCUT2D eigenvalue weighted by atomic mass is 16.5. The van der Waals surface area contributed by atoms with Crippen molar-refractivity contribution < 1.29 is 24.3 Å². The highest BCUT2D eigenvalue weighted by Gasteiger charge is 2.30. The fourth-order valence-electron chi connectivity index (χ4n) is 2.13. The molecule has 0 saturated carbocycles. The first-order valence-electron chi connectivity index (χ1n) is 5.91. The average Bonchev–Trinajstić information content (AvgIpc) is 2.85. The topological polar surface area (TPSA) is 104 Å². The van der Waals surface area contributed by atoms with Crippen LogP contribution in [0.15, 0.2) is 10.6 Å². The van der Waals surface area contributed by atoms with E-state index in [1.165, 1.54) is 6.42 Å². The fraction of sp³-hybridized carbons (Fsp3) is 0.583. The van der Waals surface area contributed by atoms with Crippen LogP contribution in [0, 0.1) is 12.8 Å². The molecule has 0 unspecified atom stereocenters. The maximum Gasteiger partial charge on any atom is 0.414 e. The van der Waals surface area contributed by atoms with E-state index in [0.717, 1.165) is 23.9 Å². The number of aromatic nitrogens is 1. The summed E-state index contributed by atoms with van der Waals surface area (Å²) in [7, 11) is 2.14. The predicted molar refractivity (Wildman–Crippen MR) is 65.7 cm³/mol. The van der Waals surface area contributed by atoms with E-state index in [1.807, 2.05) is 13.0 Å². The van der Waals surface area contributed by atoms with Crippen LogP contribution in [0.25, 0.3) is 0 Å². The molecule has 2 rings (SSSR count). The Morgan fingerprint density at radius 2 is 2.00 bits per heavy atom.